The fourth-order valence-electron chi connectivity index (χ4n) is 2.81. The van der Waals surface area contributed by atoms with E-state index in [0.717, 1.165) is 19.4 Å². The van der Waals surface area contributed by atoms with Crippen LogP contribution in [0.5, 0.6) is 0 Å². The minimum Gasteiger partial charge on any atom is -0.378 e. The lowest BCUT2D eigenvalue weighted by Gasteiger charge is -2.39. The van der Waals surface area contributed by atoms with Crippen LogP contribution < -0.4 is 16.6 Å². The number of amides is 1. The quantitative estimate of drug-likeness (QED) is 0.648. The molecule has 2 heterocycles. The van der Waals surface area contributed by atoms with Gasteiger partial charge in [-0.1, -0.05) is 0 Å². The van der Waals surface area contributed by atoms with Crippen molar-refractivity contribution in [3.63, 3.8) is 0 Å². The molecule has 1 amide bonds. The van der Waals surface area contributed by atoms with Gasteiger partial charge in [0.2, 0.25) is 11.9 Å². The van der Waals surface area contributed by atoms with Gasteiger partial charge in [0, 0.05) is 31.4 Å². The van der Waals surface area contributed by atoms with Crippen LogP contribution in [0.25, 0.3) is 0 Å². The normalized spacial score (nSPS) is 27.7. The highest BCUT2D eigenvalue weighted by molar-refractivity contribution is 5.76. The minimum atomic E-state index is -0.391. The van der Waals surface area contributed by atoms with Gasteiger partial charge in [-0.2, -0.15) is 0 Å². The second-order valence-electron chi connectivity index (χ2n) is 5.26. The van der Waals surface area contributed by atoms with E-state index >= 15 is 0 Å². The third-order valence-corrected chi connectivity index (χ3v) is 3.98. The summed E-state index contributed by atoms with van der Waals surface area (Å²) in [5, 5.41) is 10.3. The van der Waals surface area contributed by atoms with Crippen LogP contribution in [-0.2, 0) is 16.0 Å². The van der Waals surface area contributed by atoms with E-state index in [4.69, 9.17) is 10.5 Å². The van der Waals surface area contributed by atoms with Crippen LogP contribution in [0.3, 0.4) is 0 Å². The van der Waals surface area contributed by atoms with Crippen LogP contribution in [0.15, 0.2) is 4.79 Å². The third kappa shape index (κ3) is 2.51. The number of aryl methyl sites for hydroxylation is 1. The maximum absolute atomic E-state index is 11.8. The number of carbonyl (C=O) groups is 1. The first-order valence-corrected chi connectivity index (χ1v) is 6.76. The van der Waals surface area contributed by atoms with Gasteiger partial charge in [0.05, 0.1) is 6.10 Å². The lowest BCUT2D eigenvalue weighted by Crippen LogP contribution is -2.53. The number of fused-ring (bicyclic) bond motifs is 1. The van der Waals surface area contributed by atoms with Gasteiger partial charge in [-0.3, -0.25) is 14.6 Å². The number of aromatic amines is 1. The molecule has 0 radical (unpaired) electrons. The first-order chi connectivity index (χ1) is 9.63. The van der Waals surface area contributed by atoms with Gasteiger partial charge in [0.15, 0.2) is 0 Å². The predicted octanol–water partition coefficient (Wildman–Crippen LogP) is -1.03. The Kier molecular flexibility index (Phi) is 3.39. The Hall–Kier alpha value is -1.96. The lowest BCUT2D eigenvalue weighted by molar-refractivity contribution is -0.124. The number of nitrogen functional groups attached to an aromatic ring is 1. The van der Waals surface area contributed by atoms with Crippen molar-refractivity contribution in [2.24, 2.45) is 5.92 Å². The first-order valence-electron chi connectivity index (χ1n) is 6.76. The summed E-state index contributed by atoms with van der Waals surface area (Å²) in [4.78, 5) is 25.7. The fraction of sp³-hybridized carbons (Fsp3) is 0.667. The maximum atomic E-state index is 11.8. The SMILES string of the molecule is Nc1nnc(CCC(=O)N[C@@H]2C[C@@H]3OCC[C@@H]32)c(=O)[nH]1. The highest BCUT2D eigenvalue weighted by Crippen LogP contribution is 2.38. The minimum absolute atomic E-state index is 0.0232. The van der Waals surface area contributed by atoms with Gasteiger partial charge in [0.25, 0.3) is 5.56 Å². The van der Waals surface area contributed by atoms with Gasteiger partial charge < -0.3 is 15.8 Å². The fourth-order valence-corrected chi connectivity index (χ4v) is 2.81. The van der Waals surface area contributed by atoms with E-state index in [0.29, 0.717) is 12.0 Å². The number of H-pyrrole nitrogens is 1. The molecule has 0 bridgehead atoms. The summed E-state index contributed by atoms with van der Waals surface area (Å²) in [7, 11) is 0. The molecule has 20 heavy (non-hydrogen) atoms. The van der Waals surface area contributed by atoms with Crippen molar-refractivity contribution in [1.29, 1.82) is 0 Å². The molecule has 3 atom stereocenters. The highest BCUT2D eigenvalue weighted by atomic mass is 16.5. The van der Waals surface area contributed by atoms with E-state index in [-0.39, 0.29) is 36.4 Å². The number of aromatic nitrogens is 3. The van der Waals surface area contributed by atoms with Crippen LogP contribution in [0.2, 0.25) is 0 Å². The van der Waals surface area contributed by atoms with E-state index < -0.39 is 5.56 Å². The second kappa shape index (κ2) is 5.20. The molecule has 0 unspecified atom stereocenters. The van der Waals surface area contributed by atoms with Gasteiger partial charge in [-0.05, 0) is 12.8 Å². The zero-order chi connectivity index (χ0) is 14.1. The largest absolute Gasteiger partial charge is 0.378 e. The van der Waals surface area contributed by atoms with Crippen molar-refractivity contribution >= 4 is 11.9 Å². The van der Waals surface area contributed by atoms with Crippen LogP contribution >= 0.6 is 0 Å². The molecule has 1 aromatic heterocycles. The molecule has 1 aliphatic heterocycles. The highest BCUT2D eigenvalue weighted by Gasteiger charge is 2.45. The number of hydrogen-bond acceptors (Lipinski definition) is 6. The lowest BCUT2D eigenvalue weighted by atomic mass is 9.76. The maximum Gasteiger partial charge on any atom is 0.274 e. The summed E-state index contributed by atoms with van der Waals surface area (Å²) in [6.07, 6.45) is 2.70. The standard InChI is InChI=1S/C12H17N5O3/c13-12-15-11(19)7(16-17-12)1-2-10(18)14-8-5-9-6(8)3-4-20-9/h6,8-9H,1-5H2,(H,14,18)(H3,13,15,17,19)/t6-,8-,9+/m1/s1. The summed E-state index contributed by atoms with van der Waals surface area (Å²) in [6.45, 7) is 0.790. The summed E-state index contributed by atoms with van der Waals surface area (Å²) >= 11 is 0. The van der Waals surface area contributed by atoms with Gasteiger partial charge in [-0.15, -0.1) is 10.2 Å². The Bertz CT molecular complexity index is 572. The average Bonchev–Trinajstić information content (AvgIpc) is 2.76. The van der Waals surface area contributed by atoms with Gasteiger partial charge >= 0.3 is 0 Å². The number of rotatable bonds is 4. The van der Waals surface area contributed by atoms with Crippen molar-refractivity contribution in [3.05, 3.63) is 16.0 Å². The Morgan fingerprint density at radius 3 is 3.10 bits per heavy atom. The van der Waals surface area contributed by atoms with E-state index in [9.17, 15) is 9.59 Å². The molecule has 8 nitrogen and oxygen atoms in total. The molecule has 1 saturated heterocycles. The zero-order valence-electron chi connectivity index (χ0n) is 11.0. The van der Waals surface area contributed by atoms with Crippen molar-refractivity contribution in [1.82, 2.24) is 20.5 Å². The van der Waals surface area contributed by atoms with Crippen molar-refractivity contribution in [2.45, 2.75) is 37.8 Å². The molecule has 108 valence electrons. The number of nitrogens with zero attached hydrogens (tertiary/aromatic N) is 2. The van der Waals surface area contributed by atoms with Crippen molar-refractivity contribution < 1.29 is 9.53 Å². The van der Waals surface area contributed by atoms with E-state index in [2.05, 4.69) is 20.5 Å². The van der Waals surface area contributed by atoms with Gasteiger partial charge in [-0.25, -0.2) is 0 Å². The summed E-state index contributed by atoms with van der Waals surface area (Å²) in [5.74, 6) is 0.363. The topological polar surface area (TPSA) is 123 Å². The van der Waals surface area contributed by atoms with Crippen LogP contribution in [-0.4, -0.2) is 39.8 Å². The Morgan fingerprint density at radius 1 is 1.50 bits per heavy atom. The Morgan fingerprint density at radius 2 is 2.35 bits per heavy atom. The Labute approximate surface area is 115 Å². The summed E-state index contributed by atoms with van der Waals surface area (Å²) in [6, 6.07) is 0.214. The molecule has 0 aromatic carbocycles. The van der Waals surface area contributed by atoms with Crippen molar-refractivity contribution in [3.8, 4) is 0 Å². The molecule has 1 aliphatic carbocycles. The average molecular weight is 279 g/mol. The van der Waals surface area contributed by atoms with E-state index in [1.165, 1.54) is 0 Å². The monoisotopic (exact) mass is 279 g/mol. The number of anilines is 1. The zero-order valence-corrected chi connectivity index (χ0v) is 11.0. The smallest absolute Gasteiger partial charge is 0.274 e. The molecule has 8 heteroatoms. The van der Waals surface area contributed by atoms with Crippen LogP contribution in [0.1, 0.15) is 25.0 Å². The van der Waals surface area contributed by atoms with E-state index in [1.807, 2.05) is 0 Å². The molecular formula is C12H17N5O3. The molecule has 0 spiro atoms. The van der Waals surface area contributed by atoms with E-state index in [1.54, 1.807) is 0 Å². The van der Waals surface area contributed by atoms with Crippen molar-refractivity contribution in [2.75, 3.05) is 12.3 Å². The summed E-state index contributed by atoms with van der Waals surface area (Å²) in [5.41, 5.74) is 5.14. The number of nitrogens with two attached hydrogens (primary N) is 1. The number of nitrogens with one attached hydrogen (secondary N) is 2. The first kappa shape index (κ1) is 13.0. The van der Waals surface area contributed by atoms with Gasteiger partial charge in [0.1, 0.15) is 5.69 Å². The predicted molar refractivity (Wildman–Crippen MR) is 69.8 cm³/mol. The summed E-state index contributed by atoms with van der Waals surface area (Å²) < 4.78 is 5.49. The molecule has 3 rings (SSSR count). The molecular weight excluding hydrogens is 262 g/mol. The molecule has 2 fully saturated rings. The number of ether oxygens (including phenoxy) is 1. The second-order valence-corrected chi connectivity index (χ2v) is 5.26. The third-order valence-electron chi connectivity index (χ3n) is 3.98. The van der Waals surface area contributed by atoms with Crippen LogP contribution in [0.4, 0.5) is 5.95 Å². The molecule has 4 N–H and O–H groups in total. The number of hydrogen-bond donors (Lipinski definition) is 3. The van der Waals surface area contributed by atoms with Crippen LogP contribution in [0, 0.1) is 5.92 Å². The molecule has 1 aromatic rings. The molecule has 2 aliphatic rings. The number of carbonyl (C=O) groups excluding carboxylic acids is 1. The Balaban J connectivity index is 1.48. The molecule has 1 saturated carbocycles.